The average molecular weight is 270 g/mol. The molecule has 1 atom stereocenters. The van der Waals surface area contributed by atoms with Crippen molar-refractivity contribution in [3.63, 3.8) is 0 Å². The number of hydrogen-bond acceptors (Lipinski definition) is 1. The second-order valence-corrected chi connectivity index (χ2v) is 5.85. The van der Waals surface area contributed by atoms with Gasteiger partial charge in [-0.2, -0.15) is 0 Å². The predicted molar refractivity (Wildman–Crippen MR) is 70.0 cm³/mol. The Kier molecular flexibility index (Phi) is 4.35. The maximum Gasteiger partial charge on any atom is 0.0175 e. The molecule has 84 valence electrons. The molecule has 0 aliphatic carbocycles. The van der Waals surface area contributed by atoms with Crippen LogP contribution in [-0.2, 0) is 5.41 Å². The minimum Gasteiger partial charge on any atom is -0.330 e. The number of halogens is 1. The van der Waals surface area contributed by atoms with E-state index in [0.29, 0.717) is 5.92 Å². The lowest BCUT2D eigenvalue weighted by Crippen LogP contribution is -2.24. The molecule has 15 heavy (non-hydrogen) atoms. The third-order valence-corrected chi connectivity index (χ3v) is 3.42. The summed E-state index contributed by atoms with van der Waals surface area (Å²) in [5.74, 6) is 0.573. The van der Waals surface area contributed by atoms with E-state index < -0.39 is 0 Å². The lowest BCUT2D eigenvalue weighted by atomic mass is 9.77. The third-order valence-electron chi connectivity index (χ3n) is 2.89. The van der Waals surface area contributed by atoms with Crippen molar-refractivity contribution in [2.24, 2.45) is 11.7 Å². The van der Waals surface area contributed by atoms with Gasteiger partial charge in [0, 0.05) is 4.47 Å². The van der Waals surface area contributed by atoms with Crippen LogP contribution in [0.15, 0.2) is 28.7 Å². The van der Waals surface area contributed by atoms with Gasteiger partial charge in [-0.25, -0.2) is 0 Å². The smallest absolute Gasteiger partial charge is 0.0175 e. The Morgan fingerprint density at radius 2 is 1.80 bits per heavy atom. The minimum atomic E-state index is 0.208. The molecule has 0 aliphatic heterocycles. The lowest BCUT2D eigenvalue weighted by Gasteiger charge is -2.28. The SMILES string of the molecule is CC(CN)CC(C)(C)c1ccc(Br)cc1. The summed E-state index contributed by atoms with van der Waals surface area (Å²) in [5, 5.41) is 0. The fourth-order valence-electron chi connectivity index (χ4n) is 1.97. The summed E-state index contributed by atoms with van der Waals surface area (Å²) in [6, 6.07) is 8.58. The van der Waals surface area contributed by atoms with E-state index in [1.807, 2.05) is 0 Å². The summed E-state index contributed by atoms with van der Waals surface area (Å²) in [6.45, 7) is 7.53. The number of rotatable bonds is 4. The summed E-state index contributed by atoms with van der Waals surface area (Å²) in [6.07, 6.45) is 1.13. The molecule has 0 radical (unpaired) electrons. The van der Waals surface area contributed by atoms with Crippen molar-refractivity contribution < 1.29 is 0 Å². The van der Waals surface area contributed by atoms with Crippen molar-refractivity contribution in [2.45, 2.75) is 32.6 Å². The minimum absolute atomic E-state index is 0.208. The fraction of sp³-hybridized carbons (Fsp3) is 0.538. The second-order valence-electron chi connectivity index (χ2n) is 4.94. The van der Waals surface area contributed by atoms with E-state index in [4.69, 9.17) is 5.73 Å². The third kappa shape index (κ3) is 3.62. The Morgan fingerprint density at radius 3 is 2.27 bits per heavy atom. The van der Waals surface area contributed by atoms with Crippen molar-refractivity contribution in [3.8, 4) is 0 Å². The lowest BCUT2D eigenvalue weighted by molar-refractivity contribution is 0.385. The Bertz CT molecular complexity index is 303. The molecule has 0 aromatic heterocycles. The van der Waals surface area contributed by atoms with Gasteiger partial charge in [-0.1, -0.05) is 48.8 Å². The van der Waals surface area contributed by atoms with Crippen molar-refractivity contribution in [3.05, 3.63) is 34.3 Å². The van der Waals surface area contributed by atoms with Crippen LogP contribution in [0.5, 0.6) is 0 Å². The first-order valence-electron chi connectivity index (χ1n) is 5.42. The van der Waals surface area contributed by atoms with Crippen LogP contribution in [-0.4, -0.2) is 6.54 Å². The molecule has 2 N–H and O–H groups in total. The maximum absolute atomic E-state index is 5.67. The molecule has 1 rings (SSSR count). The molecule has 1 aromatic carbocycles. The summed E-state index contributed by atoms with van der Waals surface area (Å²) >= 11 is 3.46. The monoisotopic (exact) mass is 269 g/mol. The van der Waals surface area contributed by atoms with E-state index in [1.54, 1.807) is 0 Å². The molecule has 0 heterocycles. The van der Waals surface area contributed by atoms with Crippen LogP contribution in [0.4, 0.5) is 0 Å². The topological polar surface area (TPSA) is 26.0 Å². The van der Waals surface area contributed by atoms with Crippen molar-refractivity contribution in [2.75, 3.05) is 6.54 Å². The van der Waals surface area contributed by atoms with Gasteiger partial charge in [0.25, 0.3) is 0 Å². The van der Waals surface area contributed by atoms with Crippen LogP contribution >= 0.6 is 15.9 Å². The van der Waals surface area contributed by atoms with Gasteiger partial charge in [-0.05, 0) is 42.0 Å². The molecule has 1 nitrogen and oxygen atoms in total. The van der Waals surface area contributed by atoms with Gasteiger partial charge in [0.1, 0.15) is 0 Å². The molecular weight excluding hydrogens is 250 g/mol. The summed E-state index contributed by atoms with van der Waals surface area (Å²) in [4.78, 5) is 0. The van der Waals surface area contributed by atoms with Gasteiger partial charge in [-0.3, -0.25) is 0 Å². The first kappa shape index (κ1) is 12.7. The van der Waals surface area contributed by atoms with Gasteiger partial charge < -0.3 is 5.73 Å². The largest absolute Gasteiger partial charge is 0.330 e. The van der Waals surface area contributed by atoms with Gasteiger partial charge in [0.15, 0.2) is 0 Å². The second kappa shape index (κ2) is 5.13. The Hall–Kier alpha value is -0.340. The van der Waals surface area contributed by atoms with E-state index in [2.05, 4.69) is 61.0 Å². The highest BCUT2D eigenvalue weighted by Crippen LogP contribution is 2.30. The summed E-state index contributed by atoms with van der Waals surface area (Å²) < 4.78 is 1.13. The number of nitrogens with two attached hydrogens (primary N) is 1. The zero-order valence-corrected chi connectivity index (χ0v) is 11.3. The van der Waals surface area contributed by atoms with E-state index in [9.17, 15) is 0 Å². The molecule has 0 saturated carbocycles. The molecule has 0 fully saturated rings. The zero-order valence-electron chi connectivity index (χ0n) is 9.76. The molecular formula is C13H20BrN. The molecule has 0 bridgehead atoms. The van der Waals surface area contributed by atoms with E-state index >= 15 is 0 Å². The molecule has 0 amide bonds. The normalized spacial score (nSPS) is 13.9. The van der Waals surface area contributed by atoms with Crippen molar-refractivity contribution in [1.82, 2.24) is 0 Å². The molecule has 0 saturated heterocycles. The molecule has 0 spiro atoms. The van der Waals surface area contributed by atoms with Crippen LogP contribution in [0.1, 0.15) is 32.8 Å². The van der Waals surface area contributed by atoms with Crippen LogP contribution in [0, 0.1) is 5.92 Å². The molecule has 1 unspecified atom stereocenters. The van der Waals surface area contributed by atoms with E-state index in [-0.39, 0.29) is 5.41 Å². The number of hydrogen-bond donors (Lipinski definition) is 1. The van der Waals surface area contributed by atoms with Gasteiger partial charge in [0.2, 0.25) is 0 Å². The van der Waals surface area contributed by atoms with Crippen LogP contribution in [0.3, 0.4) is 0 Å². The predicted octanol–water partition coefficient (Wildman–Crippen LogP) is 3.71. The van der Waals surface area contributed by atoms with E-state index in [0.717, 1.165) is 17.4 Å². The summed E-state index contributed by atoms with van der Waals surface area (Å²) in [5.41, 5.74) is 7.26. The first-order valence-corrected chi connectivity index (χ1v) is 6.21. The quantitative estimate of drug-likeness (QED) is 0.886. The Labute approximate surface area is 101 Å². The standard InChI is InChI=1S/C13H20BrN/c1-10(9-15)8-13(2,3)11-4-6-12(14)7-5-11/h4-7,10H,8-9,15H2,1-3H3. The fourth-order valence-corrected chi connectivity index (χ4v) is 2.24. The van der Waals surface area contributed by atoms with Crippen LogP contribution in [0.2, 0.25) is 0 Å². The van der Waals surface area contributed by atoms with Crippen LogP contribution in [0.25, 0.3) is 0 Å². The zero-order chi connectivity index (χ0) is 11.5. The highest BCUT2D eigenvalue weighted by atomic mass is 79.9. The first-order chi connectivity index (χ1) is 6.95. The highest BCUT2D eigenvalue weighted by Gasteiger charge is 2.22. The maximum atomic E-state index is 5.67. The number of benzene rings is 1. The van der Waals surface area contributed by atoms with Crippen molar-refractivity contribution >= 4 is 15.9 Å². The molecule has 2 heteroatoms. The van der Waals surface area contributed by atoms with Crippen LogP contribution < -0.4 is 5.73 Å². The molecule has 1 aromatic rings. The summed E-state index contributed by atoms with van der Waals surface area (Å²) in [7, 11) is 0. The van der Waals surface area contributed by atoms with Gasteiger partial charge in [0.05, 0.1) is 0 Å². The Morgan fingerprint density at radius 1 is 1.27 bits per heavy atom. The molecule has 0 aliphatic rings. The van der Waals surface area contributed by atoms with E-state index in [1.165, 1.54) is 5.56 Å². The Balaban J connectivity index is 2.80. The van der Waals surface area contributed by atoms with Gasteiger partial charge in [-0.15, -0.1) is 0 Å². The highest BCUT2D eigenvalue weighted by molar-refractivity contribution is 9.10. The average Bonchev–Trinajstić information content (AvgIpc) is 2.17. The van der Waals surface area contributed by atoms with Gasteiger partial charge >= 0.3 is 0 Å². The van der Waals surface area contributed by atoms with Crippen molar-refractivity contribution in [1.29, 1.82) is 0 Å².